The Bertz CT molecular complexity index is 590. The Balaban J connectivity index is 1.78. The number of carbonyl (C=O) groups is 2. The summed E-state index contributed by atoms with van der Waals surface area (Å²) in [5, 5.41) is 16.6. The minimum atomic E-state index is -0.589. The second-order valence-electron chi connectivity index (χ2n) is 6.03. The predicted molar refractivity (Wildman–Crippen MR) is 79.4 cm³/mol. The molecule has 4 atom stereocenters. The molecule has 0 radical (unpaired) electrons. The van der Waals surface area contributed by atoms with Crippen LogP contribution in [0.15, 0.2) is 0 Å². The standard InChI is InChI=1S/C12H19N7O2S/c1-4-5(13)9(20)14-6-10(21)19-7(8-15-17-18-16-8)12(2,3)22-11(6)19/h5-7,11H,4,13H2,1-3H3,(H,14,20)(H,15,16,17,18)/t5-,6?,7?,11-/m1/s1. The summed E-state index contributed by atoms with van der Waals surface area (Å²) < 4.78 is -0.267. The lowest BCUT2D eigenvalue weighted by molar-refractivity contribution is -0.152. The number of aromatic nitrogens is 4. The maximum Gasteiger partial charge on any atom is 0.249 e. The van der Waals surface area contributed by atoms with Crippen molar-refractivity contribution in [2.45, 2.75) is 55.4 Å². The maximum atomic E-state index is 12.5. The number of aromatic amines is 1. The number of β-lactam (4-membered cyclic amide) rings is 1. The Hall–Kier alpha value is -1.68. The quantitative estimate of drug-likeness (QED) is 0.615. The van der Waals surface area contributed by atoms with E-state index >= 15 is 0 Å². The Morgan fingerprint density at radius 2 is 2.32 bits per heavy atom. The molecule has 0 spiro atoms. The molecule has 1 aromatic rings. The highest BCUT2D eigenvalue weighted by molar-refractivity contribution is 8.01. The summed E-state index contributed by atoms with van der Waals surface area (Å²) in [7, 11) is 0. The highest BCUT2D eigenvalue weighted by atomic mass is 32.2. The van der Waals surface area contributed by atoms with Gasteiger partial charge >= 0.3 is 0 Å². The van der Waals surface area contributed by atoms with Crippen LogP contribution >= 0.6 is 11.8 Å². The van der Waals surface area contributed by atoms with Crippen LogP contribution in [0.3, 0.4) is 0 Å². The lowest BCUT2D eigenvalue weighted by atomic mass is 9.95. The van der Waals surface area contributed by atoms with E-state index in [1.165, 1.54) is 0 Å². The monoisotopic (exact) mass is 325 g/mol. The molecule has 0 saturated carbocycles. The largest absolute Gasteiger partial charge is 0.340 e. The molecule has 1 aromatic heterocycles. The minimum Gasteiger partial charge on any atom is -0.340 e. The van der Waals surface area contributed by atoms with Gasteiger partial charge in [0, 0.05) is 4.75 Å². The van der Waals surface area contributed by atoms with Crippen molar-refractivity contribution < 1.29 is 9.59 Å². The van der Waals surface area contributed by atoms with E-state index in [2.05, 4.69) is 25.9 Å². The molecule has 3 heterocycles. The second-order valence-corrected chi connectivity index (χ2v) is 7.80. The summed E-state index contributed by atoms with van der Waals surface area (Å²) in [6.45, 7) is 5.89. The van der Waals surface area contributed by atoms with E-state index < -0.39 is 12.1 Å². The Morgan fingerprint density at radius 1 is 1.59 bits per heavy atom. The van der Waals surface area contributed by atoms with Gasteiger partial charge in [-0.25, -0.2) is 0 Å². The van der Waals surface area contributed by atoms with Gasteiger partial charge in [-0.05, 0) is 20.3 Å². The van der Waals surface area contributed by atoms with E-state index in [9.17, 15) is 9.59 Å². The van der Waals surface area contributed by atoms with Gasteiger partial charge in [-0.2, -0.15) is 5.21 Å². The highest BCUT2D eigenvalue weighted by Gasteiger charge is 2.63. The first-order valence-electron chi connectivity index (χ1n) is 7.16. The first-order chi connectivity index (χ1) is 10.4. The minimum absolute atomic E-state index is 0.126. The lowest BCUT2D eigenvalue weighted by Gasteiger charge is -2.44. The molecule has 2 saturated heterocycles. The fraction of sp³-hybridized carbons (Fsp3) is 0.750. The number of amides is 2. The molecule has 0 aromatic carbocycles. The van der Waals surface area contributed by atoms with Crippen LogP contribution in [0, 0.1) is 0 Å². The molecule has 120 valence electrons. The van der Waals surface area contributed by atoms with Gasteiger partial charge in [0.15, 0.2) is 5.82 Å². The highest BCUT2D eigenvalue weighted by Crippen LogP contribution is 2.56. The van der Waals surface area contributed by atoms with E-state index in [-0.39, 0.29) is 28.0 Å². The van der Waals surface area contributed by atoms with Gasteiger partial charge in [-0.15, -0.1) is 22.0 Å². The molecule has 2 fully saturated rings. The average molecular weight is 325 g/mol. The fourth-order valence-corrected chi connectivity index (χ4v) is 4.53. The number of nitrogens with one attached hydrogen (secondary N) is 2. The number of thioether (sulfide) groups is 1. The number of hydrogen-bond acceptors (Lipinski definition) is 7. The van der Waals surface area contributed by atoms with Crippen molar-refractivity contribution in [1.82, 2.24) is 30.8 Å². The van der Waals surface area contributed by atoms with Crippen LogP contribution < -0.4 is 11.1 Å². The third kappa shape index (κ3) is 2.17. The fourth-order valence-electron chi connectivity index (χ4n) is 2.90. The average Bonchev–Trinajstić information content (AvgIpc) is 3.07. The molecule has 9 nitrogen and oxygen atoms in total. The zero-order valence-electron chi connectivity index (χ0n) is 12.6. The van der Waals surface area contributed by atoms with Crippen LogP contribution in [0.4, 0.5) is 0 Å². The summed E-state index contributed by atoms with van der Waals surface area (Å²) in [5.74, 6) is 0.0693. The van der Waals surface area contributed by atoms with Gasteiger partial charge in [-0.3, -0.25) is 9.59 Å². The van der Waals surface area contributed by atoms with Crippen molar-refractivity contribution in [2.24, 2.45) is 5.73 Å². The molecule has 0 bridgehead atoms. The van der Waals surface area contributed by atoms with Crippen LogP contribution in [0.2, 0.25) is 0 Å². The van der Waals surface area contributed by atoms with Gasteiger partial charge in [0.25, 0.3) is 0 Å². The van der Waals surface area contributed by atoms with E-state index in [0.29, 0.717) is 12.2 Å². The third-order valence-corrected chi connectivity index (χ3v) is 5.69. The summed E-state index contributed by atoms with van der Waals surface area (Å²) in [6.07, 6.45) is 0.533. The number of nitrogens with two attached hydrogens (primary N) is 1. The first kappa shape index (κ1) is 15.2. The molecule has 22 heavy (non-hydrogen) atoms. The first-order valence-corrected chi connectivity index (χ1v) is 8.04. The van der Waals surface area contributed by atoms with Crippen molar-refractivity contribution in [1.29, 1.82) is 0 Å². The Labute approximate surface area is 131 Å². The normalized spacial score (nSPS) is 30.6. The van der Waals surface area contributed by atoms with Crippen LogP contribution in [-0.4, -0.2) is 59.5 Å². The SMILES string of the molecule is CC[C@@H](N)C(=O)NC1C(=O)N2C(c3nn[nH]n3)C(C)(C)S[C@H]12. The van der Waals surface area contributed by atoms with Gasteiger partial charge in [0.1, 0.15) is 17.5 Å². The molecule has 2 amide bonds. The zero-order valence-corrected chi connectivity index (χ0v) is 13.4. The molecule has 2 aliphatic rings. The van der Waals surface area contributed by atoms with Crippen LogP contribution in [0.1, 0.15) is 39.1 Å². The molecule has 0 aliphatic carbocycles. The molecular formula is C12H19N7O2S. The zero-order chi connectivity index (χ0) is 16.1. The van der Waals surface area contributed by atoms with Gasteiger partial charge in [0.2, 0.25) is 11.8 Å². The molecular weight excluding hydrogens is 306 g/mol. The van der Waals surface area contributed by atoms with Crippen LogP contribution in [0.25, 0.3) is 0 Å². The van der Waals surface area contributed by atoms with Gasteiger partial charge in [0.05, 0.1) is 6.04 Å². The number of H-pyrrole nitrogens is 1. The van der Waals surface area contributed by atoms with Crippen molar-refractivity contribution in [3.8, 4) is 0 Å². The van der Waals surface area contributed by atoms with Gasteiger partial charge < -0.3 is 16.0 Å². The van der Waals surface area contributed by atoms with E-state index in [1.807, 2.05) is 20.8 Å². The molecule has 2 unspecified atom stereocenters. The van der Waals surface area contributed by atoms with E-state index in [0.717, 1.165) is 0 Å². The summed E-state index contributed by atoms with van der Waals surface area (Å²) >= 11 is 1.62. The summed E-state index contributed by atoms with van der Waals surface area (Å²) in [5.41, 5.74) is 5.71. The maximum absolute atomic E-state index is 12.5. The topological polar surface area (TPSA) is 130 Å². The Morgan fingerprint density at radius 3 is 2.91 bits per heavy atom. The van der Waals surface area contributed by atoms with Crippen LogP contribution in [-0.2, 0) is 9.59 Å². The van der Waals surface area contributed by atoms with Crippen molar-refractivity contribution in [2.75, 3.05) is 0 Å². The van der Waals surface area contributed by atoms with Gasteiger partial charge in [-0.1, -0.05) is 12.1 Å². The number of hydrogen-bond donors (Lipinski definition) is 3. The van der Waals surface area contributed by atoms with Crippen molar-refractivity contribution in [3.05, 3.63) is 5.82 Å². The van der Waals surface area contributed by atoms with E-state index in [1.54, 1.807) is 16.7 Å². The predicted octanol–water partition coefficient (Wildman–Crippen LogP) is -0.843. The third-order valence-electron chi connectivity index (χ3n) is 4.12. The summed E-state index contributed by atoms with van der Waals surface area (Å²) in [6, 6.07) is -1.39. The number of rotatable bonds is 4. The smallest absolute Gasteiger partial charge is 0.249 e. The second kappa shape index (κ2) is 5.20. The molecule has 10 heteroatoms. The molecule has 4 N–H and O–H groups in total. The number of tetrazole rings is 1. The molecule has 2 aliphatic heterocycles. The van der Waals surface area contributed by atoms with Crippen molar-refractivity contribution in [3.63, 3.8) is 0 Å². The summed E-state index contributed by atoms with van der Waals surface area (Å²) in [4.78, 5) is 26.1. The Kier molecular flexibility index (Phi) is 3.60. The van der Waals surface area contributed by atoms with Crippen LogP contribution in [0.5, 0.6) is 0 Å². The van der Waals surface area contributed by atoms with Crippen molar-refractivity contribution >= 4 is 23.6 Å². The van der Waals surface area contributed by atoms with E-state index in [4.69, 9.17) is 5.73 Å². The lowest BCUT2D eigenvalue weighted by Crippen LogP contribution is -2.69. The number of nitrogens with zero attached hydrogens (tertiary/aromatic N) is 4. The number of fused-ring (bicyclic) bond motifs is 1. The number of carbonyl (C=O) groups excluding carboxylic acids is 2. The molecule has 3 rings (SSSR count).